The number of nitrogens with one attached hydrogen (secondary N) is 1. The minimum atomic E-state index is -3.65. The van der Waals surface area contributed by atoms with Gasteiger partial charge in [-0.1, -0.05) is 6.92 Å². The molecule has 0 aliphatic carbocycles. The molecule has 16 heavy (non-hydrogen) atoms. The Labute approximate surface area is 96.1 Å². The van der Waals surface area contributed by atoms with E-state index in [2.05, 4.69) is 10.3 Å². The van der Waals surface area contributed by atoms with Crippen LogP contribution in [0, 0.1) is 0 Å². The van der Waals surface area contributed by atoms with Crippen LogP contribution >= 0.6 is 0 Å². The van der Waals surface area contributed by atoms with Gasteiger partial charge in [0, 0.05) is 23.9 Å². The molecule has 90 valence electrons. The zero-order chi connectivity index (χ0) is 12.3. The van der Waals surface area contributed by atoms with E-state index in [1.54, 1.807) is 6.07 Å². The Morgan fingerprint density at radius 2 is 2.00 bits per heavy atom. The standard InChI is InChI=1S/C10H17N3O2S/c1-7(8(2)12-3)10-5-4-9(6-13-10)16(11,14)15/h4-8,12H,1-3H3,(H2,11,14,15). The number of hydrogen-bond donors (Lipinski definition) is 2. The molecule has 2 unspecified atom stereocenters. The lowest BCUT2D eigenvalue weighted by Crippen LogP contribution is -2.27. The number of rotatable bonds is 4. The van der Waals surface area contributed by atoms with E-state index in [1.807, 2.05) is 20.9 Å². The van der Waals surface area contributed by atoms with Crippen LogP contribution < -0.4 is 10.5 Å². The highest BCUT2D eigenvalue weighted by Gasteiger charge is 2.15. The molecule has 6 heteroatoms. The Kier molecular flexibility index (Phi) is 4.01. The first kappa shape index (κ1) is 13.1. The van der Waals surface area contributed by atoms with Gasteiger partial charge in [-0.25, -0.2) is 13.6 Å². The molecule has 0 fully saturated rings. The summed E-state index contributed by atoms with van der Waals surface area (Å²) < 4.78 is 22.1. The molecular formula is C10H17N3O2S. The van der Waals surface area contributed by atoms with Crippen LogP contribution in [0.5, 0.6) is 0 Å². The number of aromatic nitrogens is 1. The third-order valence-corrected chi connectivity index (χ3v) is 3.66. The molecule has 0 bridgehead atoms. The molecule has 5 nitrogen and oxygen atoms in total. The highest BCUT2D eigenvalue weighted by molar-refractivity contribution is 7.89. The minimum absolute atomic E-state index is 0.0422. The summed E-state index contributed by atoms with van der Waals surface area (Å²) in [5.41, 5.74) is 0.842. The van der Waals surface area contributed by atoms with Crippen molar-refractivity contribution >= 4 is 10.0 Å². The number of nitrogens with two attached hydrogens (primary N) is 1. The second-order valence-electron chi connectivity index (χ2n) is 3.83. The van der Waals surface area contributed by atoms with E-state index in [-0.39, 0.29) is 16.9 Å². The number of hydrogen-bond acceptors (Lipinski definition) is 4. The number of pyridine rings is 1. The molecule has 1 rings (SSSR count). The van der Waals surface area contributed by atoms with Gasteiger partial charge in [0.2, 0.25) is 10.0 Å². The van der Waals surface area contributed by atoms with Crippen LogP contribution in [0.3, 0.4) is 0 Å². The van der Waals surface area contributed by atoms with Crippen LogP contribution in [0.4, 0.5) is 0 Å². The van der Waals surface area contributed by atoms with Crippen molar-refractivity contribution in [2.24, 2.45) is 5.14 Å². The van der Waals surface area contributed by atoms with Gasteiger partial charge in [0.1, 0.15) is 4.90 Å². The normalized spacial score (nSPS) is 15.8. The quantitative estimate of drug-likeness (QED) is 0.803. The van der Waals surface area contributed by atoms with E-state index in [4.69, 9.17) is 5.14 Å². The summed E-state index contributed by atoms with van der Waals surface area (Å²) in [5.74, 6) is 0.208. The third kappa shape index (κ3) is 3.01. The van der Waals surface area contributed by atoms with Gasteiger partial charge in [0.15, 0.2) is 0 Å². The van der Waals surface area contributed by atoms with E-state index < -0.39 is 10.0 Å². The Morgan fingerprint density at radius 3 is 2.38 bits per heavy atom. The van der Waals surface area contributed by atoms with Crippen molar-refractivity contribution in [1.29, 1.82) is 0 Å². The molecule has 1 aromatic rings. The molecule has 2 atom stereocenters. The predicted molar refractivity (Wildman–Crippen MR) is 62.5 cm³/mol. The van der Waals surface area contributed by atoms with Crippen molar-refractivity contribution in [2.45, 2.75) is 30.7 Å². The number of primary sulfonamides is 1. The van der Waals surface area contributed by atoms with Gasteiger partial charge in [-0.3, -0.25) is 4.98 Å². The van der Waals surface area contributed by atoms with Gasteiger partial charge < -0.3 is 5.32 Å². The van der Waals surface area contributed by atoms with Crippen LogP contribution in [0.2, 0.25) is 0 Å². The average Bonchev–Trinajstić information content (AvgIpc) is 2.26. The van der Waals surface area contributed by atoms with Gasteiger partial charge >= 0.3 is 0 Å². The molecule has 0 saturated carbocycles. The fraction of sp³-hybridized carbons (Fsp3) is 0.500. The molecule has 0 saturated heterocycles. The summed E-state index contributed by atoms with van der Waals surface area (Å²) >= 11 is 0. The number of likely N-dealkylation sites (N-methyl/N-ethyl adjacent to an activating group) is 1. The highest BCUT2D eigenvalue weighted by Crippen LogP contribution is 2.17. The van der Waals surface area contributed by atoms with Gasteiger partial charge in [0.25, 0.3) is 0 Å². The van der Waals surface area contributed by atoms with E-state index in [0.29, 0.717) is 0 Å². The molecule has 0 aliphatic heterocycles. The fourth-order valence-corrected chi connectivity index (χ4v) is 1.79. The van der Waals surface area contributed by atoms with Crippen molar-refractivity contribution < 1.29 is 8.42 Å². The average molecular weight is 243 g/mol. The highest BCUT2D eigenvalue weighted by atomic mass is 32.2. The first-order chi connectivity index (χ1) is 7.36. The number of sulfonamides is 1. The smallest absolute Gasteiger partial charge is 0.239 e. The molecule has 0 amide bonds. The minimum Gasteiger partial charge on any atom is -0.317 e. The maximum atomic E-state index is 11.0. The molecular weight excluding hydrogens is 226 g/mol. The first-order valence-corrected chi connectivity index (χ1v) is 6.57. The second-order valence-corrected chi connectivity index (χ2v) is 5.39. The third-order valence-electron chi connectivity index (χ3n) is 2.76. The summed E-state index contributed by atoms with van der Waals surface area (Å²) in [6.45, 7) is 4.07. The summed E-state index contributed by atoms with van der Waals surface area (Å²) in [4.78, 5) is 4.16. The molecule has 1 aromatic heterocycles. The lowest BCUT2D eigenvalue weighted by Gasteiger charge is -2.18. The molecule has 3 N–H and O–H groups in total. The maximum Gasteiger partial charge on any atom is 0.239 e. The summed E-state index contributed by atoms with van der Waals surface area (Å²) in [7, 11) is -1.77. The van der Waals surface area contributed by atoms with E-state index >= 15 is 0 Å². The van der Waals surface area contributed by atoms with Gasteiger partial charge in [-0.2, -0.15) is 0 Å². The van der Waals surface area contributed by atoms with Crippen molar-refractivity contribution in [2.75, 3.05) is 7.05 Å². The maximum absolute atomic E-state index is 11.0. The van der Waals surface area contributed by atoms with Gasteiger partial charge in [-0.05, 0) is 26.1 Å². The lowest BCUT2D eigenvalue weighted by atomic mass is 9.99. The Morgan fingerprint density at radius 1 is 1.38 bits per heavy atom. The van der Waals surface area contributed by atoms with Crippen molar-refractivity contribution in [3.05, 3.63) is 24.0 Å². The summed E-state index contributed by atoms with van der Waals surface area (Å²) in [5, 5.41) is 8.11. The van der Waals surface area contributed by atoms with E-state index in [0.717, 1.165) is 5.69 Å². The van der Waals surface area contributed by atoms with Crippen LogP contribution in [-0.2, 0) is 10.0 Å². The second kappa shape index (κ2) is 4.90. The van der Waals surface area contributed by atoms with Gasteiger partial charge in [0.05, 0.1) is 0 Å². The molecule has 1 heterocycles. The molecule has 0 aliphatic rings. The van der Waals surface area contributed by atoms with Crippen LogP contribution in [0.1, 0.15) is 25.5 Å². The topological polar surface area (TPSA) is 85.1 Å². The predicted octanol–water partition coefficient (Wildman–Crippen LogP) is 0.440. The molecule has 0 radical (unpaired) electrons. The van der Waals surface area contributed by atoms with Crippen molar-refractivity contribution in [3.8, 4) is 0 Å². The van der Waals surface area contributed by atoms with Gasteiger partial charge in [-0.15, -0.1) is 0 Å². The first-order valence-electron chi connectivity index (χ1n) is 5.02. The van der Waals surface area contributed by atoms with Crippen LogP contribution in [0.25, 0.3) is 0 Å². The van der Waals surface area contributed by atoms with Crippen molar-refractivity contribution in [1.82, 2.24) is 10.3 Å². The Balaban J connectivity index is 2.96. The van der Waals surface area contributed by atoms with E-state index in [9.17, 15) is 8.42 Å². The lowest BCUT2D eigenvalue weighted by molar-refractivity contribution is 0.514. The van der Waals surface area contributed by atoms with Crippen LogP contribution in [-0.4, -0.2) is 26.5 Å². The Bertz CT molecular complexity index is 442. The summed E-state index contributed by atoms with van der Waals surface area (Å²) in [6.07, 6.45) is 1.30. The van der Waals surface area contributed by atoms with E-state index in [1.165, 1.54) is 12.3 Å². The Hall–Kier alpha value is -0.980. The van der Waals surface area contributed by atoms with Crippen LogP contribution in [0.15, 0.2) is 23.2 Å². The number of nitrogens with zero attached hydrogens (tertiary/aromatic N) is 1. The molecule has 0 aromatic carbocycles. The summed E-state index contributed by atoms with van der Waals surface area (Å²) in [6, 6.07) is 3.45. The van der Waals surface area contributed by atoms with Crippen molar-refractivity contribution in [3.63, 3.8) is 0 Å². The zero-order valence-corrected chi connectivity index (χ0v) is 10.5. The fourth-order valence-electron chi connectivity index (χ4n) is 1.34. The largest absolute Gasteiger partial charge is 0.317 e. The zero-order valence-electron chi connectivity index (χ0n) is 9.64. The monoisotopic (exact) mass is 243 g/mol. The SMILES string of the molecule is CNC(C)C(C)c1ccc(S(N)(=O)=O)cn1. The molecule has 0 spiro atoms.